The molecule has 0 aliphatic carbocycles. The summed E-state index contributed by atoms with van der Waals surface area (Å²) in [5, 5.41) is 0. The highest BCUT2D eigenvalue weighted by Crippen LogP contribution is 2.17. The topological polar surface area (TPSA) is 70.8 Å². The summed E-state index contributed by atoms with van der Waals surface area (Å²) in [6.07, 6.45) is 2.75. The molecule has 25 heavy (non-hydrogen) atoms. The van der Waals surface area contributed by atoms with Gasteiger partial charge < -0.3 is 18.6 Å². The summed E-state index contributed by atoms with van der Waals surface area (Å²) in [5.74, 6) is 1.30. The van der Waals surface area contributed by atoms with Crippen LogP contribution in [0.1, 0.15) is 5.89 Å². The summed E-state index contributed by atoms with van der Waals surface area (Å²) in [6.45, 7) is 0.400. The van der Waals surface area contributed by atoms with E-state index in [1.807, 2.05) is 24.3 Å². The fraction of sp³-hybridized carbons (Fsp3) is 0.158. The predicted molar refractivity (Wildman–Crippen MR) is 92.5 cm³/mol. The Hall–Kier alpha value is -3.28. The quantitative estimate of drug-likeness (QED) is 0.373. The van der Waals surface area contributed by atoms with Crippen LogP contribution in [0.4, 0.5) is 0 Å². The maximum atomic E-state index is 11.7. The number of hydrogen-bond acceptors (Lipinski definition) is 6. The molecule has 0 bridgehead atoms. The smallest absolute Gasteiger partial charge is 0.331 e. The first kappa shape index (κ1) is 16.6. The van der Waals surface area contributed by atoms with Gasteiger partial charge in [-0.1, -0.05) is 12.1 Å². The Labute approximate surface area is 144 Å². The van der Waals surface area contributed by atoms with Gasteiger partial charge in [0.1, 0.15) is 30.2 Å². The van der Waals surface area contributed by atoms with Crippen molar-refractivity contribution in [2.45, 2.75) is 0 Å². The standard InChI is InChI=1S/C19H17NO5/c1-22-14-6-8-15(9-7-14)23-12-13-24-19(21)11-10-18-20-16-4-2-3-5-17(16)25-18/h2-11H,12-13H2,1H3/b11-10+. The summed E-state index contributed by atoms with van der Waals surface area (Å²) in [4.78, 5) is 15.9. The van der Waals surface area contributed by atoms with Crippen molar-refractivity contribution in [3.05, 3.63) is 60.5 Å². The molecular weight excluding hydrogens is 322 g/mol. The van der Waals surface area contributed by atoms with Crippen LogP contribution in [0.15, 0.2) is 59.0 Å². The van der Waals surface area contributed by atoms with Crippen LogP contribution in [0.25, 0.3) is 17.2 Å². The van der Waals surface area contributed by atoms with Crippen LogP contribution in [0, 0.1) is 0 Å². The van der Waals surface area contributed by atoms with Crippen LogP contribution in [-0.4, -0.2) is 31.3 Å². The Kier molecular flexibility index (Phi) is 5.31. The van der Waals surface area contributed by atoms with Gasteiger partial charge in [0.15, 0.2) is 5.58 Å². The minimum absolute atomic E-state index is 0.142. The lowest BCUT2D eigenvalue weighted by molar-refractivity contribution is -0.138. The number of rotatable bonds is 7. The number of carbonyl (C=O) groups is 1. The van der Waals surface area contributed by atoms with Crippen LogP contribution in [0.3, 0.4) is 0 Å². The molecule has 3 rings (SSSR count). The van der Waals surface area contributed by atoms with Crippen molar-refractivity contribution in [1.29, 1.82) is 0 Å². The van der Waals surface area contributed by atoms with Gasteiger partial charge in [0.05, 0.1) is 7.11 Å². The molecule has 128 valence electrons. The highest BCUT2D eigenvalue weighted by atomic mass is 16.6. The second-order valence-electron chi connectivity index (χ2n) is 5.04. The molecule has 0 N–H and O–H groups in total. The number of para-hydroxylation sites is 2. The minimum atomic E-state index is -0.486. The normalized spacial score (nSPS) is 10.9. The first-order valence-corrected chi connectivity index (χ1v) is 7.72. The molecule has 1 aromatic heterocycles. The van der Waals surface area contributed by atoms with E-state index < -0.39 is 5.97 Å². The zero-order valence-corrected chi connectivity index (χ0v) is 13.7. The molecule has 0 radical (unpaired) electrons. The van der Waals surface area contributed by atoms with Crippen molar-refractivity contribution < 1.29 is 23.4 Å². The van der Waals surface area contributed by atoms with E-state index in [-0.39, 0.29) is 13.2 Å². The molecule has 0 spiro atoms. The van der Waals surface area contributed by atoms with Crippen molar-refractivity contribution in [1.82, 2.24) is 4.98 Å². The number of nitrogens with zero attached hydrogens (tertiary/aromatic N) is 1. The summed E-state index contributed by atoms with van der Waals surface area (Å²) < 4.78 is 21.1. The molecule has 0 saturated heterocycles. The predicted octanol–water partition coefficient (Wildman–Crippen LogP) is 3.47. The van der Waals surface area contributed by atoms with E-state index in [1.54, 1.807) is 31.4 Å². The Morgan fingerprint density at radius 1 is 1.08 bits per heavy atom. The molecule has 0 aliphatic rings. The van der Waals surface area contributed by atoms with Gasteiger partial charge in [0.2, 0.25) is 5.89 Å². The number of benzene rings is 2. The van der Waals surface area contributed by atoms with E-state index in [4.69, 9.17) is 18.6 Å². The third-order valence-electron chi connectivity index (χ3n) is 3.33. The second-order valence-corrected chi connectivity index (χ2v) is 5.04. The van der Waals surface area contributed by atoms with Gasteiger partial charge in [-0.25, -0.2) is 9.78 Å². The lowest BCUT2D eigenvalue weighted by Crippen LogP contribution is -2.10. The van der Waals surface area contributed by atoms with Crippen molar-refractivity contribution >= 4 is 23.1 Å². The molecule has 0 unspecified atom stereocenters. The van der Waals surface area contributed by atoms with Gasteiger partial charge in [-0.15, -0.1) is 0 Å². The number of esters is 1. The molecule has 6 nitrogen and oxygen atoms in total. The van der Waals surface area contributed by atoms with Crippen LogP contribution in [0.5, 0.6) is 11.5 Å². The average molecular weight is 339 g/mol. The van der Waals surface area contributed by atoms with Gasteiger partial charge in [0.25, 0.3) is 0 Å². The number of fused-ring (bicyclic) bond motifs is 1. The molecule has 6 heteroatoms. The van der Waals surface area contributed by atoms with Gasteiger partial charge in [0, 0.05) is 12.2 Å². The van der Waals surface area contributed by atoms with E-state index in [1.165, 1.54) is 12.2 Å². The number of carbonyl (C=O) groups excluding carboxylic acids is 1. The molecule has 1 heterocycles. The van der Waals surface area contributed by atoms with Crippen LogP contribution >= 0.6 is 0 Å². The van der Waals surface area contributed by atoms with Gasteiger partial charge in [-0.2, -0.15) is 0 Å². The molecular formula is C19H17NO5. The fourth-order valence-corrected chi connectivity index (χ4v) is 2.12. The van der Waals surface area contributed by atoms with Crippen LogP contribution < -0.4 is 9.47 Å². The monoisotopic (exact) mass is 339 g/mol. The third-order valence-corrected chi connectivity index (χ3v) is 3.33. The number of methoxy groups -OCH3 is 1. The second kappa shape index (κ2) is 8.01. The number of oxazole rings is 1. The Morgan fingerprint density at radius 2 is 1.84 bits per heavy atom. The summed E-state index contributed by atoms with van der Waals surface area (Å²) in [7, 11) is 1.60. The molecule has 0 amide bonds. The Balaban J connectivity index is 1.42. The highest BCUT2D eigenvalue weighted by molar-refractivity contribution is 5.86. The Bertz CT molecular complexity index is 834. The van der Waals surface area contributed by atoms with Crippen molar-refractivity contribution in [3.8, 4) is 11.5 Å². The minimum Gasteiger partial charge on any atom is -0.497 e. The maximum Gasteiger partial charge on any atom is 0.331 e. The fourth-order valence-electron chi connectivity index (χ4n) is 2.12. The lowest BCUT2D eigenvalue weighted by Gasteiger charge is -2.06. The number of ether oxygens (including phenoxy) is 3. The Morgan fingerprint density at radius 3 is 2.60 bits per heavy atom. The van der Waals surface area contributed by atoms with Gasteiger partial charge in [-0.3, -0.25) is 0 Å². The molecule has 0 saturated carbocycles. The first-order valence-electron chi connectivity index (χ1n) is 7.72. The maximum absolute atomic E-state index is 11.7. The lowest BCUT2D eigenvalue weighted by atomic mass is 10.3. The zero-order valence-electron chi connectivity index (χ0n) is 13.7. The molecule has 0 atom stereocenters. The van der Waals surface area contributed by atoms with Gasteiger partial charge >= 0.3 is 5.97 Å². The first-order chi connectivity index (χ1) is 12.2. The van der Waals surface area contributed by atoms with Crippen molar-refractivity contribution in [2.24, 2.45) is 0 Å². The van der Waals surface area contributed by atoms with E-state index in [0.717, 1.165) is 11.3 Å². The van der Waals surface area contributed by atoms with Crippen LogP contribution in [0.2, 0.25) is 0 Å². The van der Waals surface area contributed by atoms with Crippen molar-refractivity contribution in [3.63, 3.8) is 0 Å². The third kappa shape index (κ3) is 4.60. The molecule has 0 fully saturated rings. The number of aromatic nitrogens is 1. The summed E-state index contributed by atoms with van der Waals surface area (Å²) >= 11 is 0. The van der Waals surface area contributed by atoms with E-state index in [0.29, 0.717) is 17.2 Å². The molecule has 0 aliphatic heterocycles. The summed E-state index contributed by atoms with van der Waals surface area (Å²) in [6, 6.07) is 14.5. The zero-order chi connectivity index (χ0) is 17.5. The number of hydrogen-bond donors (Lipinski definition) is 0. The van der Waals surface area contributed by atoms with E-state index >= 15 is 0 Å². The summed E-state index contributed by atoms with van der Waals surface area (Å²) in [5.41, 5.74) is 1.41. The van der Waals surface area contributed by atoms with Crippen LogP contribution in [-0.2, 0) is 9.53 Å². The average Bonchev–Trinajstić information content (AvgIpc) is 3.07. The molecule has 3 aromatic rings. The molecule has 2 aromatic carbocycles. The SMILES string of the molecule is COc1ccc(OCCOC(=O)/C=C/c2nc3ccccc3o2)cc1. The van der Waals surface area contributed by atoms with Gasteiger partial charge in [-0.05, 0) is 36.4 Å². The van der Waals surface area contributed by atoms with E-state index in [2.05, 4.69) is 4.98 Å². The van der Waals surface area contributed by atoms with Crippen molar-refractivity contribution in [2.75, 3.05) is 20.3 Å². The largest absolute Gasteiger partial charge is 0.497 e. The highest BCUT2D eigenvalue weighted by Gasteiger charge is 2.03. The van der Waals surface area contributed by atoms with E-state index in [9.17, 15) is 4.79 Å².